The number of carbonyl (C=O) groups is 1. The van der Waals surface area contributed by atoms with Gasteiger partial charge < -0.3 is 9.30 Å². The maximum atomic E-state index is 11.9. The van der Waals surface area contributed by atoms with Gasteiger partial charge in [0.1, 0.15) is 5.75 Å². The topological polar surface area (TPSA) is 31.2 Å². The Hall–Kier alpha value is -2.03. The van der Waals surface area contributed by atoms with Crippen molar-refractivity contribution in [2.45, 2.75) is 13.3 Å². The molecule has 0 saturated carbocycles. The summed E-state index contributed by atoms with van der Waals surface area (Å²) < 4.78 is 7.28. The molecule has 1 aromatic heterocycles. The van der Waals surface area contributed by atoms with Crippen molar-refractivity contribution < 1.29 is 9.53 Å². The molecule has 0 fully saturated rings. The van der Waals surface area contributed by atoms with Gasteiger partial charge in [0, 0.05) is 13.2 Å². The highest BCUT2D eigenvalue weighted by molar-refractivity contribution is 5.95. The SMILES string of the molecule is CCc1ccc(OCC(=O)c2cccn2C)cc1. The Morgan fingerprint density at radius 1 is 1.22 bits per heavy atom. The second-order valence-corrected chi connectivity index (χ2v) is 4.21. The summed E-state index contributed by atoms with van der Waals surface area (Å²) in [7, 11) is 1.85. The summed E-state index contributed by atoms with van der Waals surface area (Å²) in [6.45, 7) is 2.18. The van der Waals surface area contributed by atoms with E-state index < -0.39 is 0 Å². The van der Waals surface area contributed by atoms with Gasteiger partial charge in [-0.15, -0.1) is 0 Å². The third-order valence-electron chi connectivity index (χ3n) is 2.93. The van der Waals surface area contributed by atoms with Gasteiger partial charge in [0.2, 0.25) is 5.78 Å². The number of ketones is 1. The van der Waals surface area contributed by atoms with Crippen molar-refractivity contribution in [3.63, 3.8) is 0 Å². The van der Waals surface area contributed by atoms with Gasteiger partial charge in [-0.05, 0) is 36.2 Å². The summed E-state index contributed by atoms with van der Waals surface area (Å²) >= 11 is 0. The largest absolute Gasteiger partial charge is 0.485 e. The average Bonchev–Trinajstić information content (AvgIpc) is 2.83. The summed E-state index contributed by atoms with van der Waals surface area (Å²) in [5.74, 6) is 0.719. The van der Waals surface area contributed by atoms with Crippen LogP contribution in [0.1, 0.15) is 23.0 Å². The van der Waals surface area contributed by atoms with Crippen LogP contribution in [0, 0.1) is 0 Å². The highest BCUT2D eigenvalue weighted by Crippen LogP contribution is 2.13. The average molecular weight is 243 g/mol. The number of benzene rings is 1. The predicted molar refractivity (Wildman–Crippen MR) is 71.1 cm³/mol. The lowest BCUT2D eigenvalue weighted by molar-refractivity contribution is 0.0913. The van der Waals surface area contributed by atoms with Crippen LogP contribution in [0.4, 0.5) is 0 Å². The summed E-state index contributed by atoms with van der Waals surface area (Å²) in [6.07, 6.45) is 2.85. The molecule has 18 heavy (non-hydrogen) atoms. The van der Waals surface area contributed by atoms with Crippen molar-refractivity contribution in [1.29, 1.82) is 0 Å². The highest BCUT2D eigenvalue weighted by Gasteiger charge is 2.09. The van der Waals surface area contributed by atoms with E-state index >= 15 is 0 Å². The lowest BCUT2D eigenvalue weighted by Crippen LogP contribution is -2.14. The third-order valence-corrected chi connectivity index (χ3v) is 2.93. The lowest BCUT2D eigenvalue weighted by atomic mass is 10.2. The van der Waals surface area contributed by atoms with Crippen LogP contribution in [-0.2, 0) is 13.5 Å². The molecule has 2 aromatic rings. The van der Waals surface area contributed by atoms with E-state index in [2.05, 4.69) is 6.92 Å². The molecule has 3 heteroatoms. The van der Waals surface area contributed by atoms with Crippen molar-refractivity contribution in [2.75, 3.05) is 6.61 Å². The molecule has 0 bridgehead atoms. The van der Waals surface area contributed by atoms with Crippen LogP contribution >= 0.6 is 0 Å². The zero-order valence-corrected chi connectivity index (χ0v) is 10.7. The third kappa shape index (κ3) is 2.80. The van der Waals surface area contributed by atoms with Crippen LogP contribution in [0.2, 0.25) is 0 Å². The molecule has 94 valence electrons. The van der Waals surface area contributed by atoms with E-state index in [1.807, 2.05) is 43.6 Å². The first-order valence-corrected chi connectivity index (χ1v) is 6.07. The van der Waals surface area contributed by atoms with Gasteiger partial charge >= 0.3 is 0 Å². The summed E-state index contributed by atoms with van der Waals surface area (Å²) in [5.41, 5.74) is 1.93. The maximum absolute atomic E-state index is 11.9. The number of hydrogen-bond acceptors (Lipinski definition) is 2. The molecular weight excluding hydrogens is 226 g/mol. The summed E-state index contributed by atoms with van der Waals surface area (Å²) in [4.78, 5) is 11.9. The van der Waals surface area contributed by atoms with Gasteiger partial charge in [0.25, 0.3) is 0 Å². The Labute approximate surface area is 107 Å². The summed E-state index contributed by atoms with van der Waals surface area (Å²) in [5, 5.41) is 0. The molecule has 0 N–H and O–H groups in total. The van der Waals surface area contributed by atoms with E-state index in [1.165, 1.54) is 5.56 Å². The smallest absolute Gasteiger partial charge is 0.216 e. The number of nitrogens with zero attached hydrogens (tertiary/aromatic N) is 1. The normalized spacial score (nSPS) is 10.3. The Morgan fingerprint density at radius 3 is 2.50 bits per heavy atom. The van der Waals surface area contributed by atoms with Crippen molar-refractivity contribution in [1.82, 2.24) is 4.57 Å². The monoisotopic (exact) mass is 243 g/mol. The number of Topliss-reactive ketones (excluding diaryl/α,β-unsaturated/α-hetero) is 1. The zero-order valence-electron chi connectivity index (χ0n) is 10.7. The van der Waals surface area contributed by atoms with Crippen LogP contribution in [-0.4, -0.2) is 17.0 Å². The first kappa shape index (κ1) is 12.4. The van der Waals surface area contributed by atoms with E-state index in [1.54, 1.807) is 10.6 Å². The second-order valence-electron chi connectivity index (χ2n) is 4.21. The zero-order chi connectivity index (χ0) is 13.0. The van der Waals surface area contributed by atoms with Gasteiger partial charge in [0.15, 0.2) is 6.61 Å². The quantitative estimate of drug-likeness (QED) is 0.756. The minimum atomic E-state index is -0.0120. The standard InChI is InChI=1S/C15H17NO2/c1-3-12-6-8-13(9-7-12)18-11-15(17)14-5-4-10-16(14)2/h4-10H,3,11H2,1-2H3. The van der Waals surface area contributed by atoms with Gasteiger partial charge in [-0.2, -0.15) is 0 Å². The first-order valence-electron chi connectivity index (χ1n) is 6.07. The molecule has 0 aliphatic carbocycles. The molecule has 0 radical (unpaired) electrons. The molecular formula is C15H17NO2. The molecule has 0 aliphatic heterocycles. The molecule has 0 atom stereocenters. The fraction of sp³-hybridized carbons (Fsp3) is 0.267. The van der Waals surface area contributed by atoms with Crippen LogP contribution in [0.5, 0.6) is 5.75 Å². The van der Waals surface area contributed by atoms with E-state index in [4.69, 9.17) is 4.74 Å². The van der Waals surface area contributed by atoms with Crippen molar-refractivity contribution in [2.24, 2.45) is 7.05 Å². The van der Waals surface area contributed by atoms with E-state index in [0.717, 1.165) is 12.2 Å². The Bertz CT molecular complexity index is 526. The molecule has 0 saturated heterocycles. The van der Waals surface area contributed by atoms with Gasteiger partial charge in [0.05, 0.1) is 5.69 Å². The van der Waals surface area contributed by atoms with Gasteiger partial charge in [-0.3, -0.25) is 4.79 Å². The number of aromatic nitrogens is 1. The molecule has 1 heterocycles. The molecule has 2 rings (SSSR count). The van der Waals surface area contributed by atoms with Crippen LogP contribution in [0.25, 0.3) is 0 Å². The molecule has 0 spiro atoms. The van der Waals surface area contributed by atoms with Crippen LogP contribution in [0.15, 0.2) is 42.6 Å². The number of aryl methyl sites for hydroxylation is 2. The number of carbonyl (C=O) groups excluding carboxylic acids is 1. The molecule has 1 aromatic carbocycles. The minimum absolute atomic E-state index is 0.0120. The number of hydrogen-bond donors (Lipinski definition) is 0. The number of ether oxygens (including phenoxy) is 1. The van der Waals surface area contributed by atoms with E-state index in [0.29, 0.717) is 5.69 Å². The minimum Gasteiger partial charge on any atom is -0.485 e. The fourth-order valence-corrected chi connectivity index (χ4v) is 1.79. The highest BCUT2D eigenvalue weighted by atomic mass is 16.5. The fourth-order valence-electron chi connectivity index (χ4n) is 1.79. The summed E-state index contributed by atoms with van der Waals surface area (Å²) in [6, 6.07) is 11.5. The molecule has 3 nitrogen and oxygen atoms in total. The van der Waals surface area contributed by atoms with Gasteiger partial charge in [-0.1, -0.05) is 19.1 Å². The Kier molecular flexibility index (Phi) is 3.82. The van der Waals surface area contributed by atoms with Crippen molar-refractivity contribution >= 4 is 5.78 Å². The van der Waals surface area contributed by atoms with Gasteiger partial charge in [-0.25, -0.2) is 0 Å². The Morgan fingerprint density at radius 2 is 1.94 bits per heavy atom. The van der Waals surface area contributed by atoms with Crippen molar-refractivity contribution in [3.8, 4) is 5.75 Å². The lowest BCUT2D eigenvalue weighted by Gasteiger charge is -2.06. The van der Waals surface area contributed by atoms with Crippen molar-refractivity contribution in [3.05, 3.63) is 53.9 Å². The molecule has 0 amide bonds. The van der Waals surface area contributed by atoms with Crippen LogP contribution in [0.3, 0.4) is 0 Å². The molecule has 0 aliphatic rings. The second kappa shape index (κ2) is 5.54. The molecule has 0 unspecified atom stereocenters. The maximum Gasteiger partial charge on any atom is 0.216 e. The Balaban J connectivity index is 1.95. The first-order chi connectivity index (χ1) is 8.70. The number of rotatable bonds is 5. The van der Waals surface area contributed by atoms with Crippen LogP contribution < -0.4 is 4.74 Å². The van der Waals surface area contributed by atoms with E-state index in [9.17, 15) is 4.79 Å². The predicted octanol–water partition coefficient (Wildman–Crippen LogP) is 2.85. The van der Waals surface area contributed by atoms with E-state index in [-0.39, 0.29) is 12.4 Å².